The van der Waals surface area contributed by atoms with E-state index in [1.165, 1.54) is 11.1 Å². The molecule has 0 unspecified atom stereocenters. The molecule has 1 heterocycles. The monoisotopic (exact) mass is 262 g/mol. The summed E-state index contributed by atoms with van der Waals surface area (Å²) in [6.07, 6.45) is 0. The van der Waals surface area contributed by atoms with Gasteiger partial charge in [-0.05, 0) is 30.5 Å². The van der Waals surface area contributed by atoms with Crippen LogP contribution in [0.5, 0.6) is 0 Å². The van der Waals surface area contributed by atoms with Crippen LogP contribution in [0.25, 0.3) is 11.1 Å². The Hall–Kier alpha value is -2.35. The molecule has 1 aliphatic heterocycles. The zero-order chi connectivity index (χ0) is 14.2. The topological polar surface area (TPSA) is 38.4 Å². The lowest BCUT2D eigenvalue weighted by molar-refractivity contribution is 0.689. The summed E-state index contributed by atoms with van der Waals surface area (Å²) in [5.74, 6) is 0.625. The zero-order valence-corrected chi connectivity index (χ0v) is 11.8. The molecule has 2 nitrogen and oxygen atoms in total. The van der Waals surface area contributed by atoms with Crippen molar-refractivity contribution < 1.29 is 0 Å². The van der Waals surface area contributed by atoms with Gasteiger partial charge in [-0.1, -0.05) is 60.7 Å². The van der Waals surface area contributed by atoms with Gasteiger partial charge in [0.2, 0.25) is 0 Å². The second-order valence-corrected chi connectivity index (χ2v) is 5.54. The minimum Gasteiger partial charge on any atom is -0.383 e. The van der Waals surface area contributed by atoms with Gasteiger partial charge in [0.25, 0.3) is 0 Å². The minimum absolute atomic E-state index is 0.295. The van der Waals surface area contributed by atoms with Crippen LogP contribution in [0, 0.1) is 0 Å². The van der Waals surface area contributed by atoms with Crippen molar-refractivity contribution in [2.45, 2.75) is 19.4 Å². The maximum atomic E-state index is 6.21. The van der Waals surface area contributed by atoms with Gasteiger partial charge in [-0.15, -0.1) is 0 Å². The molecule has 0 bridgehead atoms. The smallest absolute Gasteiger partial charge is 0.127 e. The van der Waals surface area contributed by atoms with Crippen LogP contribution in [0.4, 0.5) is 0 Å². The lowest BCUT2D eigenvalue weighted by atomic mass is 9.85. The average Bonchev–Trinajstić information content (AvgIpc) is 2.70. The molecule has 1 aliphatic rings. The molecule has 2 aromatic carbocycles. The first kappa shape index (κ1) is 12.7. The van der Waals surface area contributed by atoms with E-state index in [9.17, 15) is 0 Å². The Kier molecular flexibility index (Phi) is 2.94. The molecule has 2 aromatic rings. The first-order chi connectivity index (χ1) is 9.59. The van der Waals surface area contributed by atoms with Gasteiger partial charge in [0.1, 0.15) is 5.84 Å². The van der Waals surface area contributed by atoms with Crippen LogP contribution in [-0.2, 0) is 0 Å². The van der Waals surface area contributed by atoms with Crippen molar-refractivity contribution in [2.24, 2.45) is 10.7 Å². The van der Waals surface area contributed by atoms with Crippen LogP contribution in [0.3, 0.4) is 0 Å². The summed E-state index contributed by atoms with van der Waals surface area (Å²) in [4.78, 5) is 4.66. The molecular formula is C18H18N2. The summed E-state index contributed by atoms with van der Waals surface area (Å²) >= 11 is 0. The molecule has 0 aliphatic carbocycles. The predicted molar refractivity (Wildman–Crippen MR) is 85.4 cm³/mol. The Labute approximate surface area is 119 Å². The third kappa shape index (κ3) is 2.03. The highest BCUT2D eigenvalue weighted by Gasteiger charge is 2.34. The summed E-state index contributed by atoms with van der Waals surface area (Å²) in [6, 6.07) is 20.6. The summed E-state index contributed by atoms with van der Waals surface area (Å²) in [6.45, 7) is 4.22. The molecule has 3 rings (SSSR count). The van der Waals surface area contributed by atoms with E-state index in [1.807, 2.05) is 24.3 Å². The predicted octanol–water partition coefficient (Wildman–Crippen LogP) is 3.75. The number of amidine groups is 1. The highest BCUT2D eigenvalue weighted by molar-refractivity contribution is 6.32. The van der Waals surface area contributed by atoms with Crippen LogP contribution in [0.1, 0.15) is 25.0 Å². The lowest BCUT2D eigenvalue weighted by Gasteiger charge is -2.21. The van der Waals surface area contributed by atoms with Gasteiger partial charge in [-0.25, -0.2) is 0 Å². The zero-order valence-electron chi connectivity index (χ0n) is 11.8. The van der Waals surface area contributed by atoms with E-state index in [0.29, 0.717) is 5.84 Å². The van der Waals surface area contributed by atoms with Gasteiger partial charge in [0.15, 0.2) is 0 Å². The number of hydrogen-bond donors (Lipinski definition) is 1. The molecule has 2 N–H and O–H groups in total. The van der Waals surface area contributed by atoms with E-state index in [0.717, 1.165) is 11.1 Å². The molecule has 0 radical (unpaired) electrons. The summed E-state index contributed by atoms with van der Waals surface area (Å²) in [5, 5.41) is 0. The third-order valence-corrected chi connectivity index (χ3v) is 3.64. The number of nitrogens with two attached hydrogens (primary N) is 1. The van der Waals surface area contributed by atoms with Crippen LogP contribution >= 0.6 is 0 Å². The summed E-state index contributed by atoms with van der Waals surface area (Å²) in [7, 11) is 0. The van der Waals surface area contributed by atoms with Gasteiger partial charge in [-0.2, -0.15) is 0 Å². The van der Waals surface area contributed by atoms with Crippen molar-refractivity contribution >= 4 is 17.0 Å². The van der Waals surface area contributed by atoms with Crippen molar-refractivity contribution in [3.63, 3.8) is 0 Å². The van der Waals surface area contributed by atoms with E-state index in [4.69, 9.17) is 5.73 Å². The Morgan fingerprint density at radius 1 is 0.800 bits per heavy atom. The van der Waals surface area contributed by atoms with Gasteiger partial charge in [-0.3, -0.25) is 4.99 Å². The quantitative estimate of drug-likeness (QED) is 0.879. The summed E-state index contributed by atoms with van der Waals surface area (Å²) in [5.41, 5.74) is 10.5. The second kappa shape index (κ2) is 4.64. The highest BCUT2D eigenvalue weighted by atomic mass is 15.0. The van der Waals surface area contributed by atoms with Gasteiger partial charge < -0.3 is 5.73 Å². The Balaban J connectivity index is 2.27. The minimum atomic E-state index is -0.295. The molecule has 20 heavy (non-hydrogen) atoms. The molecule has 0 saturated carbocycles. The van der Waals surface area contributed by atoms with Crippen LogP contribution < -0.4 is 5.73 Å². The lowest BCUT2D eigenvalue weighted by Crippen LogP contribution is -2.16. The maximum absolute atomic E-state index is 6.21. The molecule has 0 amide bonds. The van der Waals surface area contributed by atoms with Crippen molar-refractivity contribution in [2.75, 3.05) is 0 Å². The fourth-order valence-electron chi connectivity index (χ4n) is 2.85. The van der Waals surface area contributed by atoms with E-state index in [2.05, 4.69) is 55.2 Å². The van der Waals surface area contributed by atoms with Crippen molar-refractivity contribution in [3.8, 4) is 0 Å². The van der Waals surface area contributed by atoms with E-state index in [1.54, 1.807) is 0 Å². The van der Waals surface area contributed by atoms with Crippen LogP contribution in [0.2, 0.25) is 0 Å². The van der Waals surface area contributed by atoms with Crippen molar-refractivity contribution in [1.82, 2.24) is 0 Å². The van der Waals surface area contributed by atoms with Gasteiger partial charge >= 0.3 is 0 Å². The molecule has 0 saturated heterocycles. The first-order valence-electron chi connectivity index (χ1n) is 6.81. The fraction of sp³-hybridized carbons (Fsp3) is 0.167. The number of rotatable bonds is 2. The Morgan fingerprint density at radius 3 is 1.85 bits per heavy atom. The third-order valence-electron chi connectivity index (χ3n) is 3.64. The molecule has 0 atom stereocenters. The highest BCUT2D eigenvalue weighted by Crippen LogP contribution is 2.41. The SMILES string of the molecule is CC1(C)N=C(N)C(c2ccccc2)=C1c1ccccc1. The molecule has 0 fully saturated rings. The molecule has 0 aromatic heterocycles. The summed E-state index contributed by atoms with van der Waals surface area (Å²) < 4.78 is 0. The Bertz CT molecular complexity index is 680. The number of aliphatic imine (C=N–C) groups is 1. The number of nitrogens with zero attached hydrogens (tertiary/aromatic N) is 1. The number of hydrogen-bond acceptors (Lipinski definition) is 2. The van der Waals surface area contributed by atoms with Crippen molar-refractivity contribution in [3.05, 3.63) is 71.8 Å². The average molecular weight is 262 g/mol. The normalized spacial score (nSPS) is 17.2. The van der Waals surface area contributed by atoms with Gasteiger partial charge in [0.05, 0.1) is 5.54 Å². The molecule has 2 heteroatoms. The maximum Gasteiger partial charge on any atom is 0.127 e. The van der Waals surface area contributed by atoms with Crippen molar-refractivity contribution in [1.29, 1.82) is 0 Å². The Morgan fingerprint density at radius 2 is 1.30 bits per heavy atom. The standard InChI is InChI=1S/C18H18N2/c1-18(2)16(14-11-7-4-8-12-14)15(17(19)20-18)13-9-5-3-6-10-13/h3-12H,1-2H3,(H2,19,20). The molecular weight excluding hydrogens is 244 g/mol. The first-order valence-corrected chi connectivity index (χ1v) is 6.81. The second-order valence-electron chi connectivity index (χ2n) is 5.54. The largest absolute Gasteiger partial charge is 0.383 e. The molecule has 0 spiro atoms. The number of benzene rings is 2. The van der Waals surface area contributed by atoms with Gasteiger partial charge in [0, 0.05) is 5.57 Å². The van der Waals surface area contributed by atoms with Crippen LogP contribution in [-0.4, -0.2) is 11.4 Å². The molecule has 100 valence electrons. The van der Waals surface area contributed by atoms with E-state index >= 15 is 0 Å². The van der Waals surface area contributed by atoms with E-state index < -0.39 is 0 Å². The van der Waals surface area contributed by atoms with Crippen LogP contribution in [0.15, 0.2) is 65.7 Å². The fourth-order valence-corrected chi connectivity index (χ4v) is 2.85. The van der Waals surface area contributed by atoms with E-state index in [-0.39, 0.29) is 5.54 Å².